The first-order valence-corrected chi connectivity index (χ1v) is 6.28. The normalized spacial score (nSPS) is 11.1. The minimum Gasteiger partial charge on any atom is -0.398 e. The molecule has 4 heteroatoms. The lowest BCUT2D eigenvalue weighted by molar-refractivity contribution is 0.367. The lowest BCUT2D eigenvalue weighted by atomic mass is 10.1. The lowest BCUT2D eigenvalue weighted by Crippen LogP contribution is -2.24. The molecule has 0 saturated heterocycles. The maximum absolute atomic E-state index is 5.95. The summed E-state index contributed by atoms with van der Waals surface area (Å²) in [4.78, 5) is 6.67. The van der Waals surface area contributed by atoms with Crippen molar-refractivity contribution in [2.45, 2.75) is 6.92 Å². The van der Waals surface area contributed by atoms with Crippen LogP contribution in [0.25, 0.3) is 10.9 Å². The fraction of sp³-hybridized carbons (Fsp3) is 0.357. The van der Waals surface area contributed by atoms with Crippen LogP contribution < -0.4 is 11.1 Å². The molecule has 0 aliphatic heterocycles. The molecule has 0 amide bonds. The number of rotatable bonds is 5. The van der Waals surface area contributed by atoms with Crippen LogP contribution in [-0.4, -0.2) is 36.6 Å². The number of nitrogens with zero attached hydrogens (tertiary/aromatic N) is 2. The van der Waals surface area contributed by atoms with E-state index in [2.05, 4.69) is 29.2 Å². The Labute approximate surface area is 108 Å². The molecule has 0 fully saturated rings. The summed E-state index contributed by atoms with van der Waals surface area (Å²) in [6.07, 6.45) is 1.80. The Morgan fingerprint density at radius 2 is 2.17 bits per heavy atom. The summed E-state index contributed by atoms with van der Waals surface area (Å²) in [5.74, 6) is 0. The Kier molecular flexibility index (Phi) is 3.99. The topological polar surface area (TPSA) is 54.2 Å². The zero-order valence-corrected chi connectivity index (χ0v) is 11.0. The van der Waals surface area contributed by atoms with Crippen LogP contribution in [0.4, 0.5) is 11.4 Å². The van der Waals surface area contributed by atoms with Crippen LogP contribution in [0.1, 0.15) is 6.92 Å². The molecule has 0 saturated carbocycles. The first-order chi connectivity index (χ1) is 8.72. The molecule has 3 N–H and O–H groups in total. The van der Waals surface area contributed by atoms with E-state index in [9.17, 15) is 0 Å². The van der Waals surface area contributed by atoms with E-state index in [-0.39, 0.29) is 0 Å². The van der Waals surface area contributed by atoms with Gasteiger partial charge in [0.05, 0.1) is 11.2 Å². The van der Waals surface area contributed by atoms with Gasteiger partial charge in [0.1, 0.15) is 0 Å². The standard InChI is InChI=1S/C14H20N4/c1-3-18(2)10-9-16-13-7-6-12(15)11-5-4-8-17-14(11)13/h4-8,16H,3,9-10,15H2,1-2H3. The molecule has 0 atom stereocenters. The second-order valence-electron chi connectivity index (χ2n) is 4.42. The van der Waals surface area contributed by atoms with E-state index in [1.54, 1.807) is 6.20 Å². The van der Waals surface area contributed by atoms with Gasteiger partial charge in [0, 0.05) is 30.4 Å². The molecule has 2 aromatic rings. The van der Waals surface area contributed by atoms with Crippen molar-refractivity contribution in [3.63, 3.8) is 0 Å². The van der Waals surface area contributed by atoms with Gasteiger partial charge in [-0.1, -0.05) is 6.92 Å². The zero-order valence-electron chi connectivity index (χ0n) is 11.0. The van der Waals surface area contributed by atoms with Gasteiger partial charge in [-0.2, -0.15) is 0 Å². The highest BCUT2D eigenvalue weighted by Gasteiger charge is 2.04. The molecule has 2 rings (SSSR count). The van der Waals surface area contributed by atoms with Gasteiger partial charge < -0.3 is 16.0 Å². The molecule has 96 valence electrons. The minimum atomic E-state index is 0.773. The van der Waals surface area contributed by atoms with Crippen molar-refractivity contribution >= 4 is 22.3 Å². The second kappa shape index (κ2) is 5.69. The molecule has 0 bridgehead atoms. The van der Waals surface area contributed by atoms with Crippen molar-refractivity contribution in [3.05, 3.63) is 30.5 Å². The highest BCUT2D eigenvalue weighted by molar-refractivity contribution is 5.98. The second-order valence-corrected chi connectivity index (χ2v) is 4.42. The van der Waals surface area contributed by atoms with Gasteiger partial charge in [0.15, 0.2) is 0 Å². The highest BCUT2D eigenvalue weighted by atomic mass is 15.1. The fourth-order valence-corrected chi connectivity index (χ4v) is 1.88. The number of nitrogens with one attached hydrogen (secondary N) is 1. The number of pyridine rings is 1. The number of aromatic nitrogens is 1. The van der Waals surface area contributed by atoms with Crippen LogP contribution in [0.15, 0.2) is 30.5 Å². The maximum atomic E-state index is 5.95. The average molecular weight is 244 g/mol. The van der Waals surface area contributed by atoms with Crippen LogP contribution in [0.3, 0.4) is 0 Å². The number of anilines is 2. The average Bonchev–Trinajstić information content (AvgIpc) is 2.41. The zero-order chi connectivity index (χ0) is 13.0. The van der Waals surface area contributed by atoms with E-state index >= 15 is 0 Å². The minimum absolute atomic E-state index is 0.773. The molecule has 1 aromatic carbocycles. The molecule has 1 heterocycles. The smallest absolute Gasteiger partial charge is 0.0953 e. The summed E-state index contributed by atoms with van der Waals surface area (Å²) in [5.41, 5.74) is 8.71. The van der Waals surface area contributed by atoms with Gasteiger partial charge in [0.25, 0.3) is 0 Å². The van der Waals surface area contributed by atoms with E-state index in [1.807, 2.05) is 24.3 Å². The van der Waals surface area contributed by atoms with Crippen molar-refractivity contribution in [1.82, 2.24) is 9.88 Å². The first-order valence-electron chi connectivity index (χ1n) is 6.28. The maximum Gasteiger partial charge on any atom is 0.0953 e. The molecule has 0 spiro atoms. The van der Waals surface area contributed by atoms with Crippen molar-refractivity contribution in [3.8, 4) is 0 Å². The van der Waals surface area contributed by atoms with Crippen LogP contribution in [-0.2, 0) is 0 Å². The Morgan fingerprint density at radius 3 is 2.94 bits per heavy atom. The van der Waals surface area contributed by atoms with E-state index in [4.69, 9.17) is 5.73 Å². The van der Waals surface area contributed by atoms with Crippen LogP contribution >= 0.6 is 0 Å². The van der Waals surface area contributed by atoms with Crippen molar-refractivity contribution < 1.29 is 0 Å². The Hall–Kier alpha value is -1.81. The number of likely N-dealkylation sites (N-methyl/N-ethyl adjacent to an activating group) is 1. The summed E-state index contributed by atoms with van der Waals surface area (Å²) >= 11 is 0. The van der Waals surface area contributed by atoms with E-state index in [1.165, 1.54) is 0 Å². The molecule has 1 aromatic heterocycles. The van der Waals surface area contributed by atoms with Gasteiger partial charge in [-0.25, -0.2) is 0 Å². The monoisotopic (exact) mass is 244 g/mol. The number of nitrogens with two attached hydrogens (primary N) is 1. The van der Waals surface area contributed by atoms with E-state index < -0.39 is 0 Å². The molecule has 0 unspecified atom stereocenters. The number of hydrogen-bond donors (Lipinski definition) is 2. The summed E-state index contributed by atoms with van der Waals surface area (Å²) in [6.45, 7) is 5.12. The van der Waals surface area contributed by atoms with E-state index in [0.29, 0.717) is 0 Å². The van der Waals surface area contributed by atoms with Crippen LogP contribution in [0.5, 0.6) is 0 Å². The fourth-order valence-electron chi connectivity index (χ4n) is 1.88. The third-order valence-corrected chi connectivity index (χ3v) is 3.15. The highest BCUT2D eigenvalue weighted by Crippen LogP contribution is 2.25. The summed E-state index contributed by atoms with van der Waals surface area (Å²) < 4.78 is 0. The molecule has 18 heavy (non-hydrogen) atoms. The number of nitrogen functional groups attached to an aromatic ring is 1. The summed E-state index contributed by atoms with van der Waals surface area (Å²) in [5, 5.41) is 4.43. The predicted octanol–water partition coefficient (Wildman–Crippen LogP) is 2.18. The van der Waals surface area contributed by atoms with Gasteiger partial charge >= 0.3 is 0 Å². The molecule has 0 radical (unpaired) electrons. The Bertz CT molecular complexity index is 524. The number of benzene rings is 1. The van der Waals surface area contributed by atoms with Gasteiger partial charge in [-0.3, -0.25) is 4.98 Å². The van der Waals surface area contributed by atoms with Crippen molar-refractivity contribution in [2.75, 3.05) is 37.7 Å². The molecule has 4 nitrogen and oxygen atoms in total. The van der Waals surface area contributed by atoms with Crippen molar-refractivity contribution in [2.24, 2.45) is 0 Å². The Balaban J connectivity index is 2.16. The molecule has 0 aliphatic carbocycles. The van der Waals surface area contributed by atoms with Gasteiger partial charge in [-0.05, 0) is 37.9 Å². The number of hydrogen-bond acceptors (Lipinski definition) is 4. The number of fused-ring (bicyclic) bond motifs is 1. The van der Waals surface area contributed by atoms with Crippen LogP contribution in [0, 0.1) is 0 Å². The predicted molar refractivity (Wildman–Crippen MR) is 77.8 cm³/mol. The molecular weight excluding hydrogens is 224 g/mol. The van der Waals surface area contributed by atoms with Gasteiger partial charge in [-0.15, -0.1) is 0 Å². The van der Waals surface area contributed by atoms with Crippen LogP contribution in [0.2, 0.25) is 0 Å². The SMILES string of the molecule is CCN(C)CCNc1ccc(N)c2cccnc12. The third kappa shape index (κ3) is 2.71. The third-order valence-electron chi connectivity index (χ3n) is 3.15. The quantitative estimate of drug-likeness (QED) is 0.792. The lowest BCUT2D eigenvalue weighted by Gasteiger charge is -2.15. The molecule has 0 aliphatic rings. The molecular formula is C14H20N4. The first kappa shape index (κ1) is 12.6. The van der Waals surface area contributed by atoms with Gasteiger partial charge in [0.2, 0.25) is 0 Å². The van der Waals surface area contributed by atoms with Crippen molar-refractivity contribution in [1.29, 1.82) is 0 Å². The summed E-state index contributed by atoms with van der Waals surface area (Å²) in [6, 6.07) is 7.83. The largest absolute Gasteiger partial charge is 0.398 e. The Morgan fingerprint density at radius 1 is 1.33 bits per heavy atom. The summed E-state index contributed by atoms with van der Waals surface area (Å²) in [7, 11) is 2.11. The van der Waals surface area contributed by atoms with E-state index in [0.717, 1.165) is 41.9 Å².